The summed E-state index contributed by atoms with van der Waals surface area (Å²) in [7, 11) is 8.12. The van der Waals surface area contributed by atoms with Gasteiger partial charge in [-0.15, -0.1) is 0 Å². The fourth-order valence-corrected chi connectivity index (χ4v) is 9.90. The van der Waals surface area contributed by atoms with Crippen molar-refractivity contribution in [1.82, 2.24) is 40.0 Å². The molecule has 12 nitrogen and oxygen atoms in total. The predicted octanol–water partition coefficient (Wildman–Crippen LogP) is 7.39. The minimum absolute atomic E-state index is 0.158. The number of alkyl halides is 6. The molecule has 0 saturated heterocycles. The molecule has 0 atom stereocenters. The van der Waals surface area contributed by atoms with Crippen molar-refractivity contribution in [3.05, 3.63) is 33.9 Å². The van der Waals surface area contributed by atoms with Gasteiger partial charge < -0.3 is 29.6 Å². The highest BCUT2D eigenvalue weighted by Crippen LogP contribution is 2.49. The zero-order valence-electron chi connectivity index (χ0n) is 38.1. The SMILES string of the molecule is CCC1(COCC(F)(F)F)CCC(c2c(CN(C)CCNC)nn3c2COCC3)CC1.CCC1(COCC(F)(F)F)CCC(c2c(CN(C)CCNC)nn3c2COCC3)CC1. The van der Waals surface area contributed by atoms with Crippen LogP contribution in [0.4, 0.5) is 26.3 Å². The number of rotatable bonds is 20. The van der Waals surface area contributed by atoms with Crippen LogP contribution in [0.3, 0.4) is 0 Å². The fourth-order valence-electron chi connectivity index (χ4n) is 9.90. The Hall–Kier alpha value is -2.32. The van der Waals surface area contributed by atoms with E-state index in [2.05, 4.69) is 57.7 Å². The van der Waals surface area contributed by atoms with E-state index in [0.29, 0.717) is 38.3 Å². The van der Waals surface area contributed by atoms with E-state index in [1.165, 1.54) is 22.5 Å². The Kier molecular flexibility index (Phi) is 19.0. The molecule has 2 N–H and O–H groups in total. The first kappa shape index (κ1) is 50.7. The molecule has 2 aliphatic heterocycles. The third-order valence-corrected chi connectivity index (χ3v) is 13.8. The first-order valence-corrected chi connectivity index (χ1v) is 22.8. The normalized spacial score (nSPS) is 24.5. The van der Waals surface area contributed by atoms with Gasteiger partial charge in [0.05, 0.1) is 75.5 Å². The number of aromatic nitrogens is 4. The van der Waals surface area contributed by atoms with Crippen molar-refractivity contribution in [3.8, 4) is 0 Å². The Balaban J connectivity index is 0.000000234. The highest BCUT2D eigenvalue weighted by Gasteiger charge is 2.40. The van der Waals surface area contributed by atoms with Gasteiger partial charge in [-0.25, -0.2) is 0 Å². The Morgan fingerprint density at radius 3 is 1.35 bits per heavy atom. The highest BCUT2D eigenvalue weighted by atomic mass is 19.4. The number of nitrogens with zero attached hydrogens (tertiary/aromatic N) is 6. The van der Waals surface area contributed by atoms with Gasteiger partial charge in [0.1, 0.15) is 13.2 Å². The summed E-state index contributed by atoms with van der Waals surface area (Å²) < 4.78 is 101. The summed E-state index contributed by atoms with van der Waals surface area (Å²) in [5.74, 6) is 0.751. The maximum absolute atomic E-state index is 12.5. The topological polar surface area (TPSA) is 103 Å². The molecule has 356 valence electrons. The molecular formula is C44H74F6N8O4. The van der Waals surface area contributed by atoms with E-state index in [1.807, 2.05) is 14.1 Å². The Labute approximate surface area is 365 Å². The summed E-state index contributed by atoms with van der Waals surface area (Å²) in [6, 6.07) is 0. The van der Waals surface area contributed by atoms with Crippen molar-refractivity contribution >= 4 is 0 Å². The van der Waals surface area contributed by atoms with Crippen LogP contribution in [0.2, 0.25) is 0 Å². The second-order valence-corrected chi connectivity index (χ2v) is 18.3. The van der Waals surface area contributed by atoms with E-state index in [4.69, 9.17) is 29.1 Å². The minimum Gasteiger partial charge on any atom is -0.373 e. The largest absolute Gasteiger partial charge is 0.411 e. The number of hydrogen-bond acceptors (Lipinski definition) is 10. The Morgan fingerprint density at radius 1 is 0.661 bits per heavy atom. The van der Waals surface area contributed by atoms with Crippen molar-refractivity contribution in [2.24, 2.45) is 10.8 Å². The number of nitrogens with one attached hydrogen (secondary N) is 2. The van der Waals surface area contributed by atoms with Gasteiger partial charge in [-0.2, -0.15) is 36.5 Å². The lowest BCUT2D eigenvalue weighted by Gasteiger charge is -2.40. The van der Waals surface area contributed by atoms with E-state index in [-0.39, 0.29) is 24.0 Å². The van der Waals surface area contributed by atoms with Gasteiger partial charge in [0.2, 0.25) is 0 Å². The average molecular weight is 893 g/mol. The molecule has 0 spiro atoms. The zero-order chi connectivity index (χ0) is 45.0. The van der Waals surface area contributed by atoms with Crippen LogP contribution < -0.4 is 10.6 Å². The molecule has 0 radical (unpaired) electrons. The molecule has 0 unspecified atom stereocenters. The van der Waals surface area contributed by atoms with Crippen molar-refractivity contribution < 1.29 is 45.3 Å². The number of hydrogen-bond donors (Lipinski definition) is 2. The molecule has 4 aliphatic rings. The molecule has 0 amide bonds. The van der Waals surface area contributed by atoms with E-state index < -0.39 is 25.6 Å². The fraction of sp³-hybridized carbons (Fsp3) is 0.864. The lowest BCUT2D eigenvalue weighted by Crippen LogP contribution is -2.33. The van der Waals surface area contributed by atoms with Crippen molar-refractivity contribution in [1.29, 1.82) is 0 Å². The average Bonchev–Trinajstić information content (AvgIpc) is 3.79. The van der Waals surface area contributed by atoms with E-state index >= 15 is 0 Å². The lowest BCUT2D eigenvalue weighted by atomic mass is 9.67. The van der Waals surface area contributed by atoms with Crippen molar-refractivity contribution in [3.63, 3.8) is 0 Å². The van der Waals surface area contributed by atoms with Gasteiger partial charge >= 0.3 is 12.4 Å². The van der Waals surface area contributed by atoms with Crippen LogP contribution in [0.25, 0.3) is 0 Å². The molecule has 2 aromatic heterocycles. The standard InChI is InChI=1S/2C22H37F3N4O2/c2*1-4-21(15-31-16-22(23,24)25)7-5-17(6-8-21)20-18(13-28(3)10-9-26-2)27-29-11-12-30-14-19(20)29/h2*17,26H,4-16H2,1-3H3. The van der Waals surface area contributed by atoms with Gasteiger partial charge in [-0.3, -0.25) is 19.2 Å². The third kappa shape index (κ3) is 14.3. The van der Waals surface area contributed by atoms with Gasteiger partial charge in [0, 0.05) is 50.4 Å². The highest BCUT2D eigenvalue weighted by molar-refractivity contribution is 5.33. The maximum atomic E-state index is 12.5. The van der Waals surface area contributed by atoms with Gasteiger partial charge in [0.25, 0.3) is 0 Å². The van der Waals surface area contributed by atoms with Gasteiger partial charge in [-0.1, -0.05) is 13.8 Å². The monoisotopic (exact) mass is 893 g/mol. The number of halogens is 6. The van der Waals surface area contributed by atoms with Crippen molar-refractivity contribution in [2.45, 2.75) is 142 Å². The van der Waals surface area contributed by atoms with Crippen LogP contribution >= 0.6 is 0 Å². The molecule has 2 aromatic rings. The maximum Gasteiger partial charge on any atom is 0.411 e. The Morgan fingerprint density at radius 2 is 1.03 bits per heavy atom. The number of likely N-dealkylation sites (N-methyl/N-ethyl adjacent to an activating group) is 4. The van der Waals surface area contributed by atoms with Crippen molar-refractivity contribution in [2.75, 3.05) is 94.0 Å². The molecule has 62 heavy (non-hydrogen) atoms. The van der Waals surface area contributed by atoms with Crippen LogP contribution in [0.15, 0.2) is 0 Å². The molecule has 0 aromatic carbocycles. The molecule has 18 heteroatoms. The van der Waals surface area contributed by atoms with Crippen LogP contribution in [0.5, 0.6) is 0 Å². The molecular weight excluding hydrogens is 819 g/mol. The zero-order valence-corrected chi connectivity index (χ0v) is 38.1. The summed E-state index contributed by atoms with van der Waals surface area (Å²) in [5.41, 5.74) is 6.94. The van der Waals surface area contributed by atoms with Crippen LogP contribution in [-0.4, -0.2) is 136 Å². The minimum atomic E-state index is -4.27. The van der Waals surface area contributed by atoms with E-state index in [9.17, 15) is 26.3 Å². The molecule has 6 rings (SSSR count). The van der Waals surface area contributed by atoms with Crippen LogP contribution in [-0.2, 0) is 58.3 Å². The molecule has 2 saturated carbocycles. The Bertz CT molecular complexity index is 1520. The summed E-state index contributed by atoms with van der Waals surface area (Å²) >= 11 is 0. The first-order chi connectivity index (χ1) is 29.5. The smallest absolute Gasteiger partial charge is 0.373 e. The quantitative estimate of drug-likeness (QED) is 0.131. The molecule has 2 aliphatic carbocycles. The van der Waals surface area contributed by atoms with Crippen LogP contribution in [0.1, 0.15) is 124 Å². The predicted molar refractivity (Wildman–Crippen MR) is 226 cm³/mol. The first-order valence-electron chi connectivity index (χ1n) is 22.8. The number of ether oxygens (including phenoxy) is 4. The molecule has 4 heterocycles. The molecule has 2 fully saturated rings. The number of fused-ring (bicyclic) bond motifs is 2. The van der Waals surface area contributed by atoms with Gasteiger partial charge in [0.15, 0.2) is 0 Å². The van der Waals surface area contributed by atoms with Crippen LogP contribution in [0, 0.1) is 10.8 Å². The summed E-state index contributed by atoms with van der Waals surface area (Å²) in [5, 5.41) is 16.2. The third-order valence-electron chi connectivity index (χ3n) is 13.8. The van der Waals surface area contributed by atoms with Gasteiger partial charge in [-0.05, 0) is 115 Å². The lowest BCUT2D eigenvalue weighted by molar-refractivity contribution is -0.183. The summed E-state index contributed by atoms with van der Waals surface area (Å²) in [6.07, 6.45) is 0.487. The second-order valence-electron chi connectivity index (χ2n) is 18.3. The second kappa shape index (κ2) is 23.2. The van der Waals surface area contributed by atoms with E-state index in [0.717, 1.165) is 128 Å². The summed E-state index contributed by atoms with van der Waals surface area (Å²) in [6.45, 7) is 11.6. The van der Waals surface area contributed by atoms with E-state index in [1.54, 1.807) is 0 Å². The summed E-state index contributed by atoms with van der Waals surface area (Å²) in [4.78, 5) is 4.55. The molecule has 0 bridgehead atoms.